The Kier molecular flexibility index (Phi) is 9.53. The van der Waals surface area contributed by atoms with Gasteiger partial charge in [0.1, 0.15) is 11.9 Å². The Bertz CT molecular complexity index is 875. The van der Waals surface area contributed by atoms with Crippen molar-refractivity contribution < 1.29 is 33.7 Å². The highest BCUT2D eigenvalue weighted by Gasteiger charge is 2.28. The van der Waals surface area contributed by atoms with Gasteiger partial charge in [-0.15, -0.1) is 0 Å². The van der Waals surface area contributed by atoms with Crippen LogP contribution in [0.3, 0.4) is 0 Å². The second-order valence-corrected chi connectivity index (χ2v) is 8.26. The van der Waals surface area contributed by atoms with E-state index in [0.717, 1.165) is 0 Å². The summed E-state index contributed by atoms with van der Waals surface area (Å²) in [6.07, 6.45) is -0.114. The van der Waals surface area contributed by atoms with Crippen molar-refractivity contribution in [2.45, 2.75) is 59.2 Å². The minimum absolute atomic E-state index is 0.0540. The summed E-state index contributed by atoms with van der Waals surface area (Å²) in [6.45, 7) is 7.32. The standard InChI is InChI=1S/C23H31N3O7/c1-14(2)31-23(30)25-21(24)18-7-5-17(6-8-18)20(28)13-15(3)22(29)26-11-9-19(10-12-26)33-32-16(4)27/h5-8,14-15,19H,9-13H2,1-4H3,(H2,24,25,30)/t15-/m1/s1. The summed E-state index contributed by atoms with van der Waals surface area (Å²) in [5, 5.41) is 10.3. The molecule has 180 valence electrons. The number of benzene rings is 1. The number of rotatable bonds is 8. The maximum Gasteiger partial charge on any atom is 0.413 e. The average Bonchev–Trinajstić information content (AvgIpc) is 2.76. The van der Waals surface area contributed by atoms with Crippen LogP contribution >= 0.6 is 0 Å². The van der Waals surface area contributed by atoms with Gasteiger partial charge in [-0.25, -0.2) is 9.59 Å². The summed E-state index contributed by atoms with van der Waals surface area (Å²) >= 11 is 0. The monoisotopic (exact) mass is 461 g/mol. The van der Waals surface area contributed by atoms with Gasteiger partial charge in [0.25, 0.3) is 0 Å². The van der Waals surface area contributed by atoms with Gasteiger partial charge in [-0.05, 0) is 26.7 Å². The van der Waals surface area contributed by atoms with E-state index in [9.17, 15) is 19.2 Å². The molecule has 10 nitrogen and oxygen atoms in total. The lowest BCUT2D eigenvalue weighted by Crippen LogP contribution is -2.43. The number of nitrogens with zero attached hydrogens (tertiary/aromatic N) is 1. The lowest BCUT2D eigenvalue weighted by Gasteiger charge is -2.32. The largest absolute Gasteiger partial charge is 0.447 e. The summed E-state index contributed by atoms with van der Waals surface area (Å²) < 4.78 is 4.94. The smallest absolute Gasteiger partial charge is 0.413 e. The fourth-order valence-electron chi connectivity index (χ4n) is 3.34. The Hall–Kier alpha value is -3.27. The van der Waals surface area contributed by atoms with Gasteiger partial charge in [0.15, 0.2) is 5.78 Å². The number of nitrogens with one attached hydrogen (secondary N) is 2. The number of amidine groups is 1. The molecule has 0 radical (unpaired) electrons. The van der Waals surface area contributed by atoms with Crippen molar-refractivity contribution in [3.63, 3.8) is 0 Å². The Morgan fingerprint density at radius 3 is 2.18 bits per heavy atom. The van der Waals surface area contributed by atoms with Crippen LogP contribution in [0.15, 0.2) is 24.3 Å². The van der Waals surface area contributed by atoms with E-state index < -0.39 is 18.0 Å². The molecule has 1 fully saturated rings. The normalized spacial score (nSPS) is 15.0. The SMILES string of the molecule is CC(=O)OOC1CCN(C(=O)[C@H](C)CC(=O)c2ccc(C(=N)NC(=O)OC(C)C)cc2)CC1. The number of hydrogen-bond acceptors (Lipinski definition) is 8. The van der Waals surface area contributed by atoms with E-state index in [1.165, 1.54) is 6.92 Å². The van der Waals surface area contributed by atoms with Gasteiger partial charge >= 0.3 is 12.1 Å². The predicted octanol–water partition coefficient (Wildman–Crippen LogP) is 2.84. The van der Waals surface area contributed by atoms with Crippen LogP contribution in [0, 0.1) is 11.3 Å². The highest BCUT2D eigenvalue weighted by Crippen LogP contribution is 2.19. The molecule has 1 aliphatic heterocycles. The fraction of sp³-hybridized carbons (Fsp3) is 0.522. The van der Waals surface area contributed by atoms with Crippen molar-refractivity contribution in [2.75, 3.05) is 13.1 Å². The molecule has 1 heterocycles. The van der Waals surface area contributed by atoms with Gasteiger partial charge in [-0.1, -0.05) is 31.2 Å². The third kappa shape index (κ3) is 8.30. The van der Waals surface area contributed by atoms with Crippen molar-refractivity contribution in [3.05, 3.63) is 35.4 Å². The van der Waals surface area contributed by atoms with E-state index in [0.29, 0.717) is 37.1 Å². The first-order valence-corrected chi connectivity index (χ1v) is 10.9. The van der Waals surface area contributed by atoms with Gasteiger partial charge in [0.05, 0.1) is 6.10 Å². The van der Waals surface area contributed by atoms with Crippen molar-refractivity contribution in [2.24, 2.45) is 5.92 Å². The first kappa shape index (κ1) is 26.0. The quantitative estimate of drug-likeness (QED) is 0.200. The molecular formula is C23H31N3O7. The number of likely N-dealkylation sites (tertiary alicyclic amines) is 1. The molecule has 0 aromatic heterocycles. The number of hydrogen-bond donors (Lipinski definition) is 2. The predicted molar refractivity (Wildman–Crippen MR) is 119 cm³/mol. The molecule has 2 rings (SSSR count). The third-order valence-corrected chi connectivity index (χ3v) is 5.03. The lowest BCUT2D eigenvalue weighted by atomic mass is 9.96. The van der Waals surface area contributed by atoms with Crippen LogP contribution in [0.4, 0.5) is 4.79 Å². The molecule has 1 saturated heterocycles. The van der Waals surface area contributed by atoms with Gasteiger partial charge in [0.2, 0.25) is 5.91 Å². The van der Waals surface area contributed by atoms with Crippen molar-refractivity contribution >= 4 is 29.6 Å². The number of piperidine rings is 1. The zero-order chi connectivity index (χ0) is 24.5. The van der Waals surface area contributed by atoms with E-state index in [4.69, 9.17) is 15.0 Å². The van der Waals surface area contributed by atoms with E-state index in [1.807, 2.05) is 0 Å². The number of alkyl carbamates (subject to hydrolysis) is 1. The third-order valence-electron chi connectivity index (χ3n) is 5.03. The molecule has 0 unspecified atom stereocenters. The first-order valence-electron chi connectivity index (χ1n) is 10.9. The Morgan fingerprint density at radius 1 is 1.06 bits per heavy atom. The lowest BCUT2D eigenvalue weighted by molar-refractivity contribution is -0.301. The van der Waals surface area contributed by atoms with Crippen molar-refractivity contribution in [1.82, 2.24) is 10.2 Å². The summed E-state index contributed by atoms with van der Waals surface area (Å²) in [5.74, 6) is -1.44. The molecule has 0 saturated carbocycles. The van der Waals surface area contributed by atoms with Gasteiger partial charge < -0.3 is 9.64 Å². The number of ketones is 1. The molecule has 1 aromatic carbocycles. The summed E-state index contributed by atoms with van der Waals surface area (Å²) in [6, 6.07) is 6.25. The minimum Gasteiger partial charge on any atom is -0.447 e. The maximum atomic E-state index is 12.7. The maximum absolute atomic E-state index is 12.7. The molecule has 10 heteroatoms. The highest BCUT2D eigenvalue weighted by molar-refractivity contribution is 6.05. The molecule has 0 spiro atoms. The Labute approximate surface area is 193 Å². The molecule has 2 amide bonds. The number of ether oxygens (including phenoxy) is 1. The number of carbonyl (C=O) groups excluding carboxylic acids is 4. The van der Waals surface area contributed by atoms with Crippen molar-refractivity contribution in [3.8, 4) is 0 Å². The Morgan fingerprint density at radius 2 is 1.64 bits per heavy atom. The zero-order valence-corrected chi connectivity index (χ0v) is 19.4. The van der Waals surface area contributed by atoms with Gasteiger partial charge in [-0.3, -0.25) is 25.2 Å². The second-order valence-electron chi connectivity index (χ2n) is 8.26. The number of carbonyl (C=O) groups is 4. The van der Waals surface area contributed by atoms with Crippen LogP contribution < -0.4 is 5.32 Å². The summed E-state index contributed by atoms with van der Waals surface area (Å²) in [4.78, 5) is 59.1. The van der Waals surface area contributed by atoms with Crippen LogP contribution in [-0.4, -0.2) is 59.8 Å². The minimum atomic E-state index is -0.718. The highest BCUT2D eigenvalue weighted by atomic mass is 17.2. The second kappa shape index (κ2) is 12.1. The van der Waals surface area contributed by atoms with E-state index in [1.54, 1.807) is 49.9 Å². The molecule has 0 bridgehead atoms. The Balaban J connectivity index is 1.84. The molecule has 1 atom stereocenters. The molecular weight excluding hydrogens is 430 g/mol. The zero-order valence-electron chi connectivity index (χ0n) is 19.4. The summed E-state index contributed by atoms with van der Waals surface area (Å²) in [5.41, 5.74) is 0.847. The topological polar surface area (TPSA) is 135 Å². The fourth-order valence-corrected chi connectivity index (χ4v) is 3.34. The molecule has 33 heavy (non-hydrogen) atoms. The van der Waals surface area contributed by atoms with E-state index >= 15 is 0 Å². The van der Waals surface area contributed by atoms with Crippen LogP contribution in [0.2, 0.25) is 0 Å². The van der Waals surface area contributed by atoms with Crippen LogP contribution in [0.1, 0.15) is 62.9 Å². The molecule has 2 N–H and O–H groups in total. The molecule has 1 aromatic rings. The van der Waals surface area contributed by atoms with E-state index in [-0.39, 0.29) is 36.2 Å². The van der Waals surface area contributed by atoms with Crippen LogP contribution in [0.5, 0.6) is 0 Å². The van der Waals surface area contributed by atoms with E-state index in [2.05, 4.69) is 10.2 Å². The summed E-state index contributed by atoms with van der Waals surface area (Å²) in [7, 11) is 0. The van der Waals surface area contributed by atoms with Crippen LogP contribution in [0.25, 0.3) is 0 Å². The van der Waals surface area contributed by atoms with Gasteiger partial charge in [0, 0.05) is 43.5 Å². The van der Waals surface area contributed by atoms with Crippen molar-refractivity contribution in [1.29, 1.82) is 5.41 Å². The number of Topliss-reactive ketones (excluding diaryl/α,β-unsaturated/α-hetero) is 1. The molecule has 1 aliphatic rings. The molecule has 0 aliphatic carbocycles. The number of amides is 2. The first-order chi connectivity index (χ1) is 15.6. The van der Waals surface area contributed by atoms with Crippen LogP contribution in [-0.2, 0) is 24.1 Å². The van der Waals surface area contributed by atoms with Gasteiger partial charge in [-0.2, -0.15) is 4.89 Å². The average molecular weight is 462 g/mol.